The second-order valence-corrected chi connectivity index (χ2v) is 8.97. The summed E-state index contributed by atoms with van der Waals surface area (Å²) in [5.41, 5.74) is 0.436. The van der Waals surface area contributed by atoms with Crippen LogP contribution >= 0.6 is 0 Å². The first-order chi connectivity index (χ1) is 13.9. The van der Waals surface area contributed by atoms with Crippen molar-refractivity contribution in [2.45, 2.75) is 96.0 Å². The predicted octanol–water partition coefficient (Wildman–Crippen LogP) is 7.42. The van der Waals surface area contributed by atoms with Crippen molar-refractivity contribution < 1.29 is 22.3 Å². The molecule has 5 heteroatoms. The van der Waals surface area contributed by atoms with Crippen LogP contribution in [-0.2, 0) is 11.2 Å². The molecule has 1 nitrogen and oxygen atoms in total. The van der Waals surface area contributed by atoms with Gasteiger partial charge in [-0.25, -0.2) is 17.6 Å². The molecular weight excluding hydrogens is 380 g/mol. The molecule has 1 aromatic rings. The van der Waals surface area contributed by atoms with Crippen LogP contribution in [0.25, 0.3) is 0 Å². The minimum absolute atomic E-state index is 0.111. The van der Waals surface area contributed by atoms with Gasteiger partial charge < -0.3 is 4.74 Å². The van der Waals surface area contributed by atoms with E-state index in [4.69, 9.17) is 4.74 Å². The molecule has 1 aliphatic heterocycles. The Morgan fingerprint density at radius 1 is 1.00 bits per heavy atom. The number of alkyl halides is 2. The van der Waals surface area contributed by atoms with E-state index in [2.05, 4.69) is 6.92 Å². The summed E-state index contributed by atoms with van der Waals surface area (Å²) in [6, 6.07) is 3.08. The van der Waals surface area contributed by atoms with Gasteiger partial charge in [-0.2, -0.15) is 0 Å². The minimum atomic E-state index is -2.88. The van der Waals surface area contributed by atoms with Gasteiger partial charge in [0.1, 0.15) is 0 Å². The van der Waals surface area contributed by atoms with Crippen molar-refractivity contribution in [2.24, 2.45) is 11.8 Å². The third kappa shape index (κ3) is 5.15. The maximum absolute atomic E-state index is 15.0. The van der Waals surface area contributed by atoms with Gasteiger partial charge in [0, 0.05) is 12.3 Å². The Morgan fingerprint density at radius 2 is 1.79 bits per heavy atom. The van der Waals surface area contributed by atoms with Crippen LogP contribution in [0.2, 0.25) is 0 Å². The zero-order valence-corrected chi connectivity index (χ0v) is 17.7. The molecule has 0 aromatic heterocycles. The number of unbranched alkanes of at least 4 members (excludes halogenated alkanes) is 1. The van der Waals surface area contributed by atoms with Gasteiger partial charge in [0.2, 0.25) is 0 Å². The molecule has 0 spiro atoms. The smallest absolute Gasteiger partial charge is 0.251 e. The number of hydrogen-bond donors (Lipinski definition) is 0. The molecule has 0 bridgehead atoms. The van der Waals surface area contributed by atoms with Crippen molar-refractivity contribution in [1.82, 2.24) is 0 Å². The molecule has 1 heterocycles. The molecule has 164 valence electrons. The molecular formula is C24H34F4O. The number of hydrogen-bond acceptors (Lipinski definition) is 1. The molecule has 2 fully saturated rings. The van der Waals surface area contributed by atoms with E-state index < -0.39 is 35.8 Å². The Morgan fingerprint density at radius 3 is 2.41 bits per heavy atom. The van der Waals surface area contributed by atoms with Gasteiger partial charge in [-0.3, -0.25) is 0 Å². The molecule has 1 aliphatic carbocycles. The zero-order chi connectivity index (χ0) is 21.0. The van der Waals surface area contributed by atoms with Crippen LogP contribution in [0.4, 0.5) is 17.6 Å². The highest BCUT2D eigenvalue weighted by atomic mass is 19.3. The molecule has 0 amide bonds. The Hall–Kier alpha value is -1.10. The Kier molecular flexibility index (Phi) is 7.63. The average Bonchev–Trinajstić information content (AvgIpc) is 2.70. The zero-order valence-electron chi connectivity index (χ0n) is 17.7. The molecule has 1 saturated carbocycles. The molecule has 3 rings (SSSR count). The lowest BCUT2D eigenvalue weighted by Gasteiger charge is -2.42. The van der Waals surface area contributed by atoms with Crippen LogP contribution < -0.4 is 0 Å². The van der Waals surface area contributed by atoms with Gasteiger partial charge in [-0.05, 0) is 61.5 Å². The summed E-state index contributed by atoms with van der Waals surface area (Å²) >= 11 is 0. The summed E-state index contributed by atoms with van der Waals surface area (Å²) in [6.45, 7) is 4.43. The lowest BCUT2D eigenvalue weighted by Crippen LogP contribution is -2.43. The van der Waals surface area contributed by atoms with Crippen LogP contribution in [0.5, 0.6) is 0 Å². The van der Waals surface area contributed by atoms with Crippen molar-refractivity contribution in [1.29, 1.82) is 0 Å². The Balaban J connectivity index is 1.64. The van der Waals surface area contributed by atoms with Gasteiger partial charge in [-0.1, -0.05) is 45.2 Å². The molecule has 0 radical (unpaired) electrons. The Bertz CT molecular complexity index is 667. The predicted molar refractivity (Wildman–Crippen MR) is 107 cm³/mol. The largest absolute Gasteiger partial charge is 0.378 e. The number of aryl methyl sites for hydroxylation is 1. The van der Waals surface area contributed by atoms with Crippen molar-refractivity contribution in [3.8, 4) is 0 Å². The molecule has 4 atom stereocenters. The molecule has 29 heavy (non-hydrogen) atoms. The summed E-state index contributed by atoms with van der Waals surface area (Å²) in [5, 5.41) is 0. The van der Waals surface area contributed by atoms with Crippen LogP contribution in [0, 0.1) is 23.5 Å². The maximum atomic E-state index is 15.0. The first kappa shape index (κ1) is 22.6. The summed E-state index contributed by atoms with van der Waals surface area (Å²) in [6.07, 6.45) is 6.61. The number of halogens is 4. The first-order valence-corrected chi connectivity index (χ1v) is 11.3. The highest BCUT2D eigenvalue weighted by Gasteiger charge is 2.49. The minimum Gasteiger partial charge on any atom is -0.378 e. The van der Waals surface area contributed by atoms with Gasteiger partial charge in [-0.15, -0.1) is 0 Å². The van der Waals surface area contributed by atoms with E-state index in [1.54, 1.807) is 6.07 Å². The van der Waals surface area contributed by atoms with Crippen LogP contribution in [0.1, 0.15) is 88.7 Å². The van der Waals surface area contributed by atoms with Crippen molar-refractivity contribution in [3.63, 3.8) is 0 Å². The van der Waals surface area contributed by atoms with Crippen molar-refractivity contribution >= 4 is 0 Å². The van der Waals surface area contributed by atoms with E-state index in [1.807, 2.05) is 6.92 Å². The average molecular weight is 415 g/mol. The first-order valence-electron chi connectivity index (χ1n) is 11.3. The van der Waals surface area contributed by atoms with Crippen molar-refractivity contribution in [2.75, 3.05) is 6.61 Å². The number of rotatable bonds is 7. The van der Waals surface area contributed by atoms with E-state index in [-0.39, 0.29) is 17.6 Å². The van der Waals surface area contributed by atoms with Gasteiger partial charge in [0.15, 0.2) is 11.6 Å². The fraction of sp³-hybridized carbons (Fsp3) is 0.750. The van der Waals surface area contributed by atoms with Crippen LogP contribution in [0.3, 0.4) is 0 Å². The topological polar surface area (TPSA) is 9.23 Å². The highest BCUT2D eigenvalue weighted by Crippen LogP contribution is 2.50. The molecule has 4 unspecified atom stereocenters. The van der Waals surface area contributed by atoms with Crippen LogP contribution in [0.15, 0.2) is 12.1 Å². The molecule has 0 N–H and O–H groups in total. The second-order valence-electron chi connectivity index (χ2n) is 8.97. The number of ether oxygens (including phenoxy) is 1. The third-order valence-electron chi connectivity index (χ3n) is 6.89. The van der Waals surface area contributed by atoms with Gasteiger partial charge >= 0.3 is 0 Å². The van der Waals surface area contributed by atoms with E-state index in [1.165, 1.54) is 6.07 Å². The summed E-state index contributed by atoms with van der Waals surface area (Å²) in [5.74, 6) is -6.18. The van der Waals surface area contributed by atoms with E-state index >= 15 is 8.78 Å². The van der Waals surface area contributed by atoms with Gasteiger partial charge in [0.25, 0.3) is 5.92 Å². The fourth-order valence-electron chi connectivity index (χ4n) is 5.21. The quantitative estimate of drug-likeness (QED) is 0.422. The maximum Gasteiger partial charge on any atom is 0.251 e. The lowest BCUT2D eigenvalue weighted by molar-refractivity contribution is -0.141. The van der Waals surface area contributed by atoms with Gasteiger partial charge in [0.05, 0.1) is 12.7 Å². The summed E-state index contributed by atoms with van der Waals surface area (Å²) in [7, 11) is 0. The van der Waals surface area contributed by atoms with E-state index in [0.717, 1.165) is 32.1 Å². The summed E-state index contributed by atoms with van der Waals surface area (Å²) < 4.78 is 64.9. The monoisotopic (exact) mass is 414 g/mol. The molecule has 2 aliphatic rings. The van der Waals surface area contributed by atoms with E-state index in [0.29, 0.717) is 37.9 Å². The standard InChI is InChI=1S/C24H34F4O/c1-3-5-7-19-11-8-18(15-29-19)21-13-10-17(14-24(21,27)28)20-12-9-16(6-4-2)22(25)23(20)26/h9,12,17-19,21H,3-8,10-11,13-15H2,1-2H3. The third-order valence-corrected chi connectivity index (χ3v) is 6.89. The van der Waals surface area contributed by atoms with Crippen molar-refractivity contribution in [3.05, 3.63) is 34.9 Å². The fourth-order valence-corrected chi connectivity index (χ4v) is 5.21. The Labute approximate surface area is 172 Å². The van der Waals surface area contributed by atoms with Crippen LogP contribution in [-0.4, -0.2) is 18.6 Å². The SMILES string of the molecule is CCCCC1CCC(C2CCC(c3ccc(CCC)c(F)c3F)CC2(F)F)CO1. The second kappa shape index (κ2) is 9.80. The molecule has 1 aromatic carbocycles. The summed E-state index contributed by atoms with van der Waals surface area (Å²) in [4.78, 5) is 0. The highest BCUT2D eigenvalue weighted by molar-refractivity contribution is 5.30. The lowest BCUT2D eigenvalue weighted by atomic mass is 9.69. The molecule has 1 saturated heterocycles. The number of benzene rings is 1. The normalized spacial score (nSPS) is 29.7. The van der Waals surface area contributed by atoms with E-state index in [9.17, 15) is 8.78 Å².